The first kappa shape index (κ1) is 46.2. The Labute approximate surface area is 365 Å². The number of rotatable bonds is 3. The average Bonchev–Trinajstić information content (AvgIpc) is 3.20. The summed E-state index contributed by atoms with van der Waals surface area (Å²) in [6, 6.07) is 33.1. The maximum Gasteiger partial charge on any atom is 0.241 e. The molecule has 60 heavy (non-hydrogen) atoms. The van der Waals surface area contributed by atoms with E-state index in [1.54, 1.807) is 16.7 Å². The van der Waals surface area contributed by atoms with Gasteiger partial charge in [-0.15, -0.1) is 0 Å². The number of fused-ring (bicyclic) bond motifs is 4. The first-order chi connectivity index (χ1) is 28.4. The van der Waals surface area contributed by atoms with Crippen molar-refractivity contribution in [2.24, 2.45) is 5.73 Å². The molecule has 2 aliphatic rings. The molecule has 0 saturated heterocycles. The fraction of sp³-hybridized carbons (Fsp3) is 0.345. The summed E-state index contributed by atoms with van der Waals surface area (Å²) in [5.74, 6) is 0. The van der Waals surface area contributed by atoms with Gasteiger partial charge in [-0.1, -0.05) is 118 Å². The number of allylic oxidation sites excluding steroid dienone is 2. The maximum atomic E-state index is 4.50. The fourth-order valence-corrected chi connectivity index (χ4v) is 9.49. The Morgan fingerprint density at radius 3 is 1.00 bits per heavy atom. The Bertz CT molecular complexity index is 2360. The van der Waals surface area contributed by atoms with Crippen LogP contribution in [-0.4, -0.2) is 13.8 Å². The molecule has 6 aromatic rings. The van der Waals surface area contributed by atoms with Crippen LogP contribution in [0.1, 0.15) is 119 Å². The van der Waals surface area contributed by atoms with Crippen LogP contribution in [0, 0.1) is 104 Å². The van der Waals surface area contributed by atoms with Crippen LogP contribution in [0.5, 0.6) is 0 Å². The molecule has 0 aromatic heterocycles. The number of aryl methyl sites for hydroxylation is 13. The van der Waals surface area contributed by atoms with E-state index < -0.39 is 0 Å². The highest BCUT2D eigenvalue weighted by Gasteiger charge is 2.29. The van der Waals surface area contributed by atoms with Gasteiger partial charge in [0.25, 0.3) is 0 Å². The summed E-state index contributed by atoms with van der Waals surface area (Å²) in [7, 11) is 1.50. The first-order valence-electron chi connectivity index (χ1n) is 22.2. The van der Waals surface area contributed by atoms with Gasteiger partial charge in [-0.2, -0.15) is 0 Å². The van der Waals surface area contributed by atoms with Gasteiger partial charge in [-0.25, -0.2) is 0 Å². The van der Waals surface area contributed by atoms with Crippen LogP contribution in [0.2, 0.25) is 0 Å². The number of nitrogens with two attached hydrogens (primary N) is 1. The molecule has 6 aromatic carbocycles. The molecule has 1 nitrogen and oxygen atoms in total. The van der Waals surface area contributed by atoms with E-state index in [1.807, 2.05) is 0 Å². The molecule has 312 valence electrons. The Kier molecular flexibility index (Phi) is 15.1. The molecule has 0 saturated carbocycles. The van der Waals surface area contributed by atoms with Crippen molar-refractivity contribution >= 4 is 34.2 Å². The van der Waals surface area contributed by atoms with Crippen LogP contribution in [0.25, 0.3) is 11.1 Å². The van der Waals surface area contributed by atoms with Crippen LogP contribution in [-0.2, 0) is 12.8 Å². The minimum absolute atomic E-state index is 0.238. The lowest BCUT2D eigenvalue weighted by Crippen LogP contribution is -2.52. The third-order valence-electron chi connectivity index (χ3n) is 13.7. The Balaban J connectivity index is 0.000000253. The van der Waals surface area contributed by atoms with Gasteiger partial charge in [0.05, 0.1) is 0 Å². The quantitative estimate of drug-likeness (QED) is 0.178. The molecular weight excluding hydrogens is 721 g/mol. The molecule has 2 aliphatic carbocycles. The highest BCUT2D eigenvalue weighted by Crippen LogP contribution is 2.43. The number of hydrogen-bond donors (Lipinski definition) is 1. The van der Waals surface area contributed by atoms with Gasteiger partial charge >= 0.3 is 0 Å². The fourth-order valence-electron chi connectivity index (χ4n) is 9.49. The van der Waals surface area contributed by atoms with E-state index in [0.717, 1.165) is 25.7 Å². The van der Waals surface area contributed by atoms with E-state index in [9.17, 15) is 0 Å². The van der Waals surface area contributed by atoms with Crippen molar-refractivity contribution in [2.45, 2.75) is 130 Å². The smallest absolute Gasteiger partial charge is 0.241 e. The van der Waals surface area contributed by atoms with Gasteiger partial charge in [0.2, 0.25) is 6.71 Å². The second kappa shape index (κ2) is 19.6. The molecule has 0 bridgehead atoms. The molecule has 0 amide bonds. The summed E-state index contributed by atoms with van der Waals surface area (Å²) in [6.45, 7) is 33.3. The van der Waals surface area contributed by atoms with Gasteiger partial charge in [0.1, 0.15) is 0 Å². The number of benzene rings is 6. The molecule has 2 heteroatoms. The van der Waals surface area contributed by atoms with Crippen molar-refractivity contribution < 1.29 is 0 Å². The third-order valence-corrected chi connectivity index (χ3v) is 13.7. The Morgan fingerprint density at radius 1 is 0.317 bits per heavy atom. The minimum atomic E-state index is 0.238. The number of hydrogen-bond acceptors (Lipinski definition) is 1. The van der Waals surface area contributed by atoms with Gasteiger partial charge in [0, 0.05) is 0 Å². The van der Waals surface area contributed by atoms with E-state index in [2.05, 4.69) is 195 Å². The summed E-state index contributed by atoms with van der Waals surface area (Å²) in [4.78, 5) is 0. The van der Waals surface area contributed by atoms with Crippen LogP contribution in [0.3, 0.4) is 0 Å². The lowest BCUT2D eigenvalue weighted by Gasteiger charge is -2.30. The lowest BCUT2D eigenvalue weighted by atomic mass is 9.36. The van der Waals surface area contributed by atoms with Crippen LogP contribution in [0.15, 0.2) is 84.9 Å². The summed E-state index contributed by atoms with van der Waals surface area (Å²) in [5.41, 5.74) is 38.9. The van der Waals surface area contributed by atoms with Crippen molar-refractivity contribution in [3.63, 3.8) is 0 Å². The normalized spacial score (nSPS) is 12.4. The van der Waals surface area contributed by atoms with Crippen LogP contribution < -0.4 is 22.1 Å². The predicted molar refractivity (Wildman–Crippen MR) is 268 cm³/mol. The van der Waals surface area contributed by atoms with Crippen molar-refractivity contribution in [3.8, 4) is 0 Å². The molecule has 2 N–H and O–H groups in total. The summed E-state index contributed by atoms with van der Waals surface area (Å²) >= 11 is 0. The van der Waals surface area contributed by atoms with Crippen molar-refractivity contribution in [1.29, 1.82) is 0 Å². The van der Waals surface area contributed by atoms with Gasteiger partial charge in [0.15, 0.2) is 0 Å². The second-order valence-electron chi connectivity index (χ2n) is 18.1. The molecular formula is C58H72BN. The standard InChI is InChI=1S/C37H39B.2C10H14.CH5N/c1-22-8-12-34-29(16-22)9-13-37-35-15-11-31(21-30(35)10-14-36(34)37)38(32-17-23(2)27(6)24(3)18-32)33-19-25(4)28(7)26(5)20-33;2*1-7-5-8(2)10(4)9(3)6-7;1-2/h8,11-12,15-21H,9-10,13-14H2,1-7H3;2*5-6H,1-4H3;2H2,1H3. The van der Waals surface area contributed by atoms with E-state index in [1.165, 1.54) is 124 Å². The monoisotopic (exact) mass is 794 g/mol. The summed E-state index contributed by atoms with van der Waals surface area (Å²) < 4.78 is 0. The zero-order valence-corrected chi connectivity index (χ0v) is 40.1. The van der Waals surface area contributed by atoms with E-state index in [0.29, 0.717) is 0 Å². The SMILES string of the molecule is CN.Cc1cc(C)c(C)c(C)c1.Cc1cc(C)c(C)c(C)c1.Cc1ccc2c(c1)CCC1=C2CCc2cc(B(c3cc(C)c(C)c(C)c3)c3cc(C)c(C)c(C)c3)ccc21. The average molecular weight is 794 g/mol. The van der Waals surface area contributed by atoms with Crippen molar-refractivity contribution in [2.75, 3.05) is 7.05 Å². The highest BCUT2D eigenvalue weighted by atomic mass is 14.4. The molecule has 0 unspecified atom stereocenters. The van der Waals surface area contributed by atoms with Crippen LogP contribution in [0.4, 0.5) is 0 Å². The molecule has 0 radical (unpaired) electrons. The van der Waals surface area contributed by atoms with Gasteiger partial charge in [-0.05, 0) is 237 Å². The zero-order chi connectivity index (χ0) is 44.2. The van der Waals surface area contributed by atoms with E-state index in [4.69, 9.17) is 0 Å². The first-order valence-corrected chi connectivity index (χ1v) is 22.2. The molecule has 0 aliphatic heterocycles. The second-order valence-corrected chi connectivity index (χ2v) is 18.1. The van der Waals surface area contributed by atoms with E-state index >= 15 is 0 Å². The Morgan fingerprint density at radius 2 is 0.633 bits per heavy atom. The molecule has 0 spiro atoms. The van der Waals surface area contributed by atoms with Crippen LogP contribution >= 0.6 is 0 Å². The minimum Gasteiger partial charge on any atom is -0.333 e. The van der Waals surface area contributed by atoms with Crippen molar-refractivity contribution in [3.05, 3.63) is 191 Å². The molecule has 0 heterocycles. The topological polar surface area (TPSA) is 26.0 Å². The van der Waals surface area contributed by atoms with Gasteiger partial charge in [-0.3, -0.25) is 0 Å². The maximum absolute atomic E-state index is 4.50. The highest BCUT2D eigenvalue weighted by molar-refractivity contribution is 6.95. The van der Waals surface area contributed by atoms with Gasteiger partial charge < -0.3 is 5.73 Å². The lowest BCUT2D eigenvalue weighted by molar-refractivity contribution is 0.918. The van der Waals surface area contributed by atoms with Crippen molar-refractivity contribution in [1.82, 2.24) is 0 Å². The molecule has 8 rings (SSSR count). The largest absolute Gasteiger partial charge is 0.333 e. The Hall–Kier alpha value is -4.92. The molecule has 0 atom stereocenters. The molecule has 0 fully saturated rings. The van der Waals surface area contributed by atoms with E-state index in [-0.39, 0.29) is 6.71 Å². The summed E-state index contributed by atoms with van der Waals surface area (Å²) in [5, 5.41) is 0. The predicted octanol–water partition coefficient (Wildman–Crippen LogP) is 12.6. The zero-order valence-electron chi connectivity index (χ0n) is 40.1. The third kappa shape index (κ3) is 10.2. The summed E-state index contributed by atoms with van der Waals surface area (Å²) in [6.07, 6.45) is 4.59.